The number of nitrogens with zero attached hydrogens (tertiary/aromatic N) is 2. The molecule has 4 heteroatoms. The third-order valence-electron chi connectivity index (χ3n) is 4.20. The van der Waals surface area contributed by atoms with Gasteiger partial charge in [-0.3, -0.25) is 4.79 Å². The maximum absolute atomic E-state index is 12.3. The van der Waals surface area contributed by atoms with Gasteiger partial charge in [0.1, 0.15) is 6.10 Å². The highest BCUT2D eigenvalue weighted by Gasteiger charge is 2.18. The van der Waals surface area contributed by atoms with E-state index in [1.165, 1.54) is 0 Å². The number of anilines is 1. The summed E-state index contributed by atoms with van der Waals surface area (Å²) in [6.07, 6.45) is -0.432. The summed E-state index contributed by atoms with van der Waals surface area (Å²) in [5, 5.41) is 10.1. The predicted octanol–water partition coefficient (Wildman–Crippen LogP) is 2.81. The number of carbonyl (C=O) groups excluding carboxylic acids is 1. The number of hydrogen-bond acceptors (Lipinski definition) is 4. The van der Waals surface area contributed by atoms with E-state index in [-0.39, 0.29) is 5.78 Å². The third-order valence-corrected chi connectivity index (χ3v) is 4.20. The van der Waals surface area contributed by atoms with Gasteiger partial charge in [0.25, 0.3) is 0 Å². The molecule has 0 bridgehead atoms. The molecule has 0 aliphatic carbocycles. The monoisotopic (exact) mass is 306 g/mol. The summed E-state index contributed by atoms with van der Waals surface area (Å²) in [5.74, 6) is -0.182. The summed E-state index contributed by atoms with van der Waals surface area (Å²) in [6, 6.07) is 7.54. The van der Waals surface area contributed by atoms with Gasteiger partial charge in [0.05, 0.1) is 0 Å². The Morgan fingerprint density at radius 1 is 1.00 bits per heavy atom. The minimum absolute atomic E-state index is 0.182. The van der Waals surface area contributed by atoms with Crippen LogP contribution in [0, 0.1) is 0 Å². The highest BCUT2D eigenvalue weighted by atomic mass is 16.3. The second-order valence-corrected chi connectivity index (χ2v) is 5.41. The Balaban J connectivity index is 2.65. The van der Waals surface area contributed by atoms with Gasteiger partial charge >= 0.3 is 0 Å². The molecule has 1 atom stereocenters. The minimum atomic E-state index is -0.917. The first-order chi connectivity index (χ1) is 10.6. The van der Waals surface area contributed by atoms with Crippen molar-refractivity contribution in [3.63, 3.8) is 0 Å². The maximum atomic E-state index is 12.3. The van der Waals surface area contributed by atoms with Gasteiger partial charge in [-0.05, 0) is 57.6 Å². The van der Waals surface area contributed by atoms with E-state index < -0.39 is 6.10 Å². The maximum Gasteiger partial charge on any atom is 0.191 e. The number of aliphatic hydroxyl groups is 1. The van der Waals surface area contributed by atoms with Crippen LogP contribution < -0.4 is 4.90 Å². The van der Waals surface area contributed by atoms with Gasteiger partial charge in [-0.1, -0.05) is 13.8 Å². The van der Waals surface area contributed by atoms with Crippen molar-refractivity contribution in [3.8, 4) is 0 Å². The minimum Gasteiger partial charge on any atom is -0.385 e. The Morgan fingerprint density at radius 3 is 2.00 bits per heavy atom. The van der Waals surface area contributed by atoms with E-state index in [4.69, 9.17) is 0 Å². The summed E-state index contributed by atoms with van der Waals surface area (Å²) in [7, 11) is 0. The van der Waals surface area contributed by atoms with E-state index in [1.807, 2.05) is 24.3 Å². The highest BCUT2D eigenvalue weighted by Crippen LogP contribution is 2.16. The van der Waals surface area contributed by atoms with Crippen molar-refractivity contribution >= 4 is 11.5 Å². The standard InChI is InChI=1S/C18H30N2O2/c1-5-19(6-2)14-13-17(21)18(22)15-9-11-16(12-10-15)20(7-3)8-4/h9-12,17,21H,5-8,13-14H2,1-4H3. The van der Waals surface area contributed by atoms with Crippen molar-refractivity contribution in [2.45, 2.75) is 40.2 Å². The van der Waals surface area contributed by atoms with Crippen LogP contribution in [0.4, 0.5) is 5.69 Å². The van der Waals surface area contributed by atoms with Gasteiger partial charge < -0.3 is 14.9 Å². The van der Waals surface area contributed by atoms with Crippen molar-refractivity contribution in [1.82, 2.24) is 4.90 Å². The molecule has 0 saturated carbocycles. The van der Waals surface area contributed by atoms with Gasteiger partial charge in [0.2, 0.25) is 0 Å². The largest absolute Gasteiger partial charge is 0.385 e. The highest BCUT2D eigenvalue weighted by molar-refractivity contribution is 5.99. The Morgan fingerprint density at radius 2 is 1.55 bits per heavy atom. The number of benzene rings is 1. The van der Waals surface area contributed by atoms with Crippen molar-refractivity contribution in [2.24, 2.45) is 0 Å². The topological polar surface area (TPSA) is 43.8 Å². The first-order valence-corrected chi connectivity index (χ1v) is 8.36. The van der Waals surface area contributed by atoms with Crippen LogP contribution in [0.15, 0.2) is 24.3 Å². The molecule has 0 aliphatic heterocycles. The molecule has 1 unspecified atom stereocenters. The molecule has 0 spiro atoms. The zero-order chi connectivity index (χ0) is 16.5. The summed E-state index contributed by atoms with van der Waals surface area (Å²) < 4.78 is 0. The summed E-state index contributed by atoms with van der Waals surface area (Å²) in [6.45, 7) is 12.9. The van der Waals surface area contributed by atoms with Crippen LogP contribution in [-0.4, -0.2) is 54.6 Å². The molecule has 1 aromatic carbocycles. The summed E-state index contributed by atoms with van der Waals surface area (Å²) in [5.41, 5.74) is 1.70. The molecule has 1 aromatic rings. The molecule has 4 nitrogen and oxygen atoms in total. The molecule has 22 heavy (non-hydrogen) atoms. The molecule has 0 aromatic heterocycles. The molecular weight excluding hydrogens is 276 g/mol. The Kier molecular flexibility index (Phi) is 8.13. The van der Waals surface area contributed by atoms with Crippen LogP contribution in [0.3, 0.4) is 0 Å². The van der Waals surface area contributed by atoms with Crippen LogP contribution in [-0.2, 0) is 0 Å². The normalized spacial score (nSPS) is 12.5. The molecule has 0 amide bonds. The average molecular weight is 306 g/mol. The van der Waals surface area contributed by atoms with E-state index >= 15 is 0 Å². The second-order valence-electron chi connectivity index (χ2n) is 5.41. The number of ketones is 1. The van der Waals surface area contributed by atoms with Crippen LogP contribution in [0.1, 0.15) is 44.5 Å². The van der Waals surface area contributed by atoms with Gasteiger partial charge in [-0.2, -0.15) is 0 Å². The van der Waals surface area contributed by atoms with Crippen LogP contribution in [0.25, 0.3) is 0 Å². The predicted molar refractivity (Wildman–Crippen MR) is 92.7 cm³/mol. The number of hydrogen-bond donors (Lipinski definition) is 1. The molecule has 0 fully saturated rings. The zero-order valence-electron chi connectivity index (χ0n) is 14.4. The SMILES string of the molecule is CCN(CC)CCC(O)C(=O)c1ccc(N(CC)CC)cc1. The smallest absolute Gasteiger partial charge is 0.191 e. The molecular formula is C18H30N2O2. The number of carbonyl (C=O) groups is 1. The fourth-order valence-corrected chi connectivity index (χ4v) is 2.59. The number of rotatable bonds is 10. The second kappa shape index (κ2) is 9.59. The molecule has 1 rings (SSSR count). The molecule has 0 aliphatic rings. The van der Waals surface area contributed by atoms with E-state index in [1.54, 1.807) is 0 Å². The fraction of sp³-hybridized carbons (Fsp3) is 0.611. The lowest BCUT2D eigenvalue weighted by Gasteiger charge is -2.21. The zero-order valence-corrected chi connectivity index (χ0v) is 14.4. The van der Waals surface area contributed by atoms with Crippen LogP contribution in [0.2, 0.25) is 0 Å². The fourth-order valence-electron chi connectivity index (χ4n) is 2.59. The third kappa shape index (κ3) is 5.11. The Hall–Kier alpha value is -1.39. The Bertz CT molecular complexity index is 437. The van der Waals surface area contributed by atoms with Crippen molar-refractivity contribution in [1.29, 1.82) is 0 Å². The van der Waals surface area contributed by atoms with Crippen molar-refractivity contribution in [2.75, 3.05) is 37.6 Å². The lowest BCUT2D eigenvalue weighted by Crippen LogP contribution is -2.30. The van der Waals surface area contributed by atoms with Gasteiger partial charge in [-0.25, -0.2) is 0 Å². The quantitative estimate of drug-likeness (QED) is 0.675. The van der Waals surface area contributed by atoms with E-state index in [0.717, 1.165) is 38.4 Å². The summed E-state index contributed by atoms with van der Waals surface area (Å²) >= 11 is 0. The lowest BCUT2D eigenvalue weighted by atomic mass is 10.0. The molecule has 0 heterocycles. The van der Waals surface area contributed by atoms with Gasteiger partial charge in [0, 0.05) is 30.9 Å². The molecule has 1 N–H and O–H groups in total. The Labute approximate surface area is 134 Å². The number of aliphatic hydroxyl groups excluding tert-OH is 1. The van der Waals surface area contributed by atoms with Crippen molar-refractivity contribution < 1.29 is 9.90 Å². The molecule has 0 radical (unpaired) electrons. The van der Waals surface area contributed by atoms with Gasteiger partial charge in [-0.15, -0.1) is 0 Å². The molecule has 0 saturated heterocycles. The number of Topliss-reactive ketones (excluding diaryl/α,β-unsaturated/α-hetero) is 1. The first-order valence-electron chi connectivity index (χ1n) is 8.36. The van der Waals surface area contributed by atoms with E-state index in [2.05, 4.69) is 37.5 Å². The first kappa shape index (κ1) is 18.7. The van der Waals surface area contributed by atoms with Crippen LogP contribution >= 0.6 is 0 Å². The average Bonchev–Trinajstić information content (AvgIpc) is 2.56. The lowest BCUT2D eigenvalue weighted by molar-refractivity contribution is 0.0705. The van der Waals surface area contributed by atoms with Crippen molar-refractivity contribution in [3.05, 3.63) is 29.8 Å². The van der Waals surface area contributed by atoms with E-state index in [9.17, 15) is 9.90 Å². The van der Waals surface area contributed by atoms with Crippen LogP contribution in [0.5, 0.6) is 0 Å². The van der Waals surface area contributed by atoms with E-state index in [0.29, 0.717) is 12.0 Å². The van der Waals surface area contributed by atoms with Gasteiger partial charge in [0.15, 0.2) is 5.78 Å². The summed E-state index contributed by atoms with van der Waals surface area (Å²) in [4.78, 5) is 16.7. The molecule has 124 valence electrons.